The minimum Gasteiger partial charge on any atom is -0.388 e. The molecule has 0 aromatic carbocycles. The van der Waals surface area contributed by atoms with Crippen molar-refractivity contribution in [2.24, 2.45) is 0 Å². The van der Waals surface area contributed by atoms with Gasteiger partial charge in [0.05, 0.1) is 6.10 Å². The lowest BCUT2D eigenvalue weighted by Gasteiger charge is -2.01. The molecule has 1 nitrogen and oxygen atoms in total. The molecule has 0 radical (unpaired) electrons. The van der Waals surface area contributed by atoms with Gasteiger partial charge in [-0.25, -0.2) is 0 Å². The van der Waals surface area contributed by atoms with Gasteiger partial charge in [-0.05, 0) is 17.9 Å². The van der Waals surface area contributed by atoms with Gasteiger partial charge in [-0.1, -0.05) is 13.0 Å². The maximum absolute atomic E-state index is 9.23. The van der Waals surface area contributed by atoms with Gasteiger partial charge in [0.25, 0.3) is 0 Å². The molecule has 0 aliphatic rings. The van der Waals surface area contributed by atoms with E-state index in [1.807, 2.05) is 24.4 Å². The van der Waals surface area contributed by atoms with Gasteiger partial charge in [0.15, 0.2) is 0 Å². The van der Waals surface area contributed by atoms with E-state index in [4.69, 9.17) is 0 Å². The lowest BCUT2D eigenvalue weighted by Crippen LogP contribution is -1.89. The second kappa shape index (κ2) is 2.99. The van der Waals surface area contributed by atoms with Crippen molar-refractivity contribution in [1.29, 1.82) is 0 Å². The number of hydrogen-bond acceptors (Lipinski definition) is 2. The molecule has 0 saturated heterocycles. The maximum Gasteiger partial charge on any atom is 0.0879 e. The number of aliphatic hydroxyl groups excluding tert-OH is 1. The molecule has 0 spiro atoms. The predicted molar refractivity (Wildman–Crippen MR) is 39.6 cm³/mol. The van der Waals surface area contributed by atoms with Gasteiger partial charge in [-0.15, -0.1) is 11.3 Å². The smallest absolute Gasteiger partial charge is 0.0879 e. The van der Waals surface area contributed by atoms with Crippen LogP contribution in [0.1, 0.15) is 24.3 Å². The maximum atomic E-state index is 9.23. The van der Waals surface area contributed by atoms with E-state index in [-0.39, 0.29) is 6.10 Å². The van der Waals surface area contributed by atoms with Crippen LogP contribution in [0.25, 0.3) is 0 Å². The first-order valence-corrected chi connectivity index (χ1v) is 3.94. The highest BCUT2D eigenvalue weighted by Gasteiger charge is 2.02. The van der Waals surface area contributed by atoms with E-state index < -0.39 is 0 Å². The van der Waals surface area contributed by atoms with E-state index in [0.717, 1.165) is 11.3 Å². The number of rotatable bonds is 2. The Bertz CT molecular complexity index is 157. The van der Waals surface area contributed by atoms with Crippen molar-refractivity contribution in [3.05, 3.63) is 22.4 Å². The molecule has 9 heavy (non-hydrogen) atoms. The Labute approximate surface area is 59.0 Å². The second-order valence-corrected chi connectivity index (χ2v) is 2.92. The molecule has 0 aliphatic heterocycles. The fourth-order valence-corrected chi connectivity index (χ4v) is 1.48. The summed E-state index contributed by atoms with van der Waals surface area (Å²) in [6.07, 6.45) is 0.561. The Kier molecular flexibility index (Phi) is 2.25. The molecule has 1 atom stereocenters. The van der Waals surface area contributed by atoms with Gasteiger partial charge in [0, 0.05) is 4.88 Å². The van der Waals surface area contributed by atoms with E-state index in [9.17, 15) is 5.11 Å². The lowest BCUT2D eigenvalue weighted by atomic mass is 10.2. The molecule has 0 amide bonds. The van der Waals surface area contributed by atoms with Gasteiger partial charge < -0.3 is 5.11 Å². The molecule has 1 aromatic heterocycles. The zero-order chi connectivity index (χ0) is 6.69. The molecule has 1 rings (SSSR count). The van der Waals surface area contributed by atoms with Crippen LogP contribution in [0.4, 0.5) is 0 Å². The first-order chi connectivity index (χ1) is 4.34. The minimum absolute atomic E-state index is 0.245. The molecular formula is C7H10OS. The average Bonchev–Trinajstić information content (AvgIpc) is 2.37. The number of thiophene rings is 1. The summed E-state index contributed by atoms with van der Waals surface area (Å²) in [5.74, 6) is 0. The van der Waals surface area contributed by atoms with E-state index >= 15 is 0 Å². The largest absolute Gasteiger partial charge is 0.388 e. The fourth-order valence-electron chi connectivity index (χ4n) is 0.682. The molecule has 0 saturated carbocycles. The standard InChI is InChI=1S/C7H10OS/c1-2-6(8)7-4-3-5-9-7/h3-6,8H,2H2,1H3/t6-/m1/s1. The molecule has 0 aliphatic carbocycles. The van der Waals surface area contributed by atoms with Crippen molar-refractivity contribution in [2.75, 3.05) is 0 Å². The molecule has 0 bridgehead atoms. The third-order valence-corrected chi connectivity index (χ3v) is 2.23. The summed E-state index contributed by atoms with van der Waals surface area (Å²) in [5.41, 5.74) is 0. The summed E-state index contributed by atoms with van der Waals surface area (Å²) in [7, 11) is 0. The molecule has 1 aromatic rings. The monoisotopic (exact) mass is 142 g/mol. The van der Waals surface area contributed by atoms with E-state index in [1.54, 1.807) is 11.3 Å². The topological polar surface area (TPSA) is 20.2 Å². The van der Waals surface area contributed by atoms with Crippen LogP contribution in [0.5, 0.6) is 0 Å². The van der Waals surface area contributed by atoms with Crippen molar-refractivity contribution in [3.63, 3.8) is 0 Å². The third-order valence-electron chi connectivity index (χ3n) is 1.26. The summed E-state index contributed by atoms with van der Waals surface area (Å²) in [5, 5.41) is 11.2. The Balaban J connectivity index is 2.65. The molecule has 1 N–H and O–H groups in total. The van der Waals surface area contributed by atoms with Crippen molar-refractivity contribution < 1.29 is 5.11 Å². The molecular weight excluding hydrogens is 132 g/mol. The van der Waals surface area contributed by atoms with Crippen molar-refractivity contribution in [3.8, 4) is 0 Å². The van der Waals surface area contributed by atoms with Gasteiger partial charge in [0.1, 0.15) is 0 Å². The summed E-state index contributed by atoms with van der Waals surface area (Å²) < 4.78 is 0. The first-order valence-electron chi connectivity index (χ1n) is 3.06. The third kappa shape index (κ3) is 1.53. The molecule has 1 heterocycles. The highest BCUT2D eigenvalue weighted by Crippen LogP contribution is 2.20. The van der Waals surface area contributed by atoms with Crippen LogP contribution in [0.15, 0.2) is 17.5 Å². The molecule has 0 unspecified atom stereocenters. The zero-order valence-corrected chi connectivity index (χ0v) is 6.19. The normalized spacial score (nSPS) is 13.6. The first kappa shape index (κ1) is 6.78. The highest BCUT2D eigenvalue weighted by molar-refractivity contribution is 7.10. The minimum atomic E-state index is -0.245. The van der Waals surface area contributed by atoms with Gasteiger partial charge in [-0.3, -0.25) is 0 Å². The summed E-state index contributed by atoms with van der Waals surface area (Å²) in [6.45, 7) is 1.98. The zero-order valence-electron chi connectivity index (χ0n) is 5.37. The summed E-state index contributed by atoms with van der Waals surface area (Å²) >= 11 is 1.61. The number of hydrogen-bond donors (Lipinski definition) is 1. The van der Waals surface area contributed by atoms with Crippen LogP contribution < -0.4 is 0 Å². The summed E-state index contributed by atoms with van der Waals surface area (Å²) in [4.78, 5) is 1.07. The van der Waals surface area contributed by atoms with Gasteiger partial charge >= 0.3 is 0 Å². The Morgan fingerprint density at radius 1 is 1.78 bits per heavy atom. The Hall–Kier alpha value is -0.340. The summed E-state index contributed by atoms with van der Waals surface area (Å²) in [6, 6.07) is 3.91. The molecule has 2 heteroatoms. The van der Waals surface area contributed by atoms with E-state index in [1.165, 1.54) is 0 Å². The van der Waals surface area contributed by atoms with Gasteiger partial charge in [0.2, 0.25) is 0 Å². The predicted octanol–water partition coefficient (Wildman–Crippen LogP) is 2.19. The van der Waals surface area contributed by atoms with Crippen molar-refractivity contribution in [1.82, 2.24) is 0 Å². The number of aliphatic hydroxyl groups is 1. The lowest BCUT2D eigenvalue weighted by molar-refractivity contribution is 0.177. The second-order valence-electron chi connectivity index (χ2n) is 1.94. The quantitative estimate of drug-likeness (QED) is 0.671. The average molecular weight is 142 g/mol. The van der Waals surface area contributed by atoms with Crippen LogP contribution in [0, 0.1) is 0 Å². The van der Waals surface area contributed by atoms with Crippen molar-refractivity contribution >= 4 is 11.3 Å². The highest BCUT2D eigenvalue weighted by atomic mass is 32.1. The van der Waals surface area contributed by atoms with E-state index in [0.29, 0.717) is 0 Å². The van der Waals surface area contributed by atoms with Crippen LogP contribution >= 0.6 is 11.3 Å². The van der Waals surface area contributed by atoms with Crippen LogP contribution in [-0.2, 0) is 0 Å². The Morgan fingerprint density at radius 3 is 3.00 bits per heavy atom. The van der Waals surface area contributed by atoms with E-state index in [2.05, 4.69) is 0 Å². The van der Waals surface area contributed by atoms with Crippen LogP contribution in [0.2, 0.25) is 0 Å². The molecule has 0 fully saturated rings. The van der Waals surface area contributed by atoms with Gasteiger partial charge in [-0.2, -0.15) is 0 Å². The fraction of sp³-hybridized carbons (Fsp3) is 0.429. The Morgan fingerprint density at radius 2 is 2.56 bits per heavy atom. The SMILES string of the molecule is CC[C@@H](O)c1cccs1. The van der Waals surface area contributed by atoms with Crippen LogP contribution in [-0.4, -0.2) is 5.11 Å². The molecule has 50 valence electrons. The van der Waals surface area contributed by atoms with Crippen molar-refractivity contribution in [2.45, 2.75) is 19.4 Å². The van der Waals surface area contributed by atoms with Crippen LogP contribution in [0.3, 0.4) is 0 Å².